The number of carbonyl (C=O) groups is 1. The summed E-state index contributed by atoms with van der Waals surface area (Å²) in [5, 5.41) is 1.12. The molecule has 0 aromatic heterocycles. The van der Waals surface area contributed by atoms with Gasteiger partial charge in [0.25, 0.3) is 0 Å². The van der Waals surface area contributed by atoms with Crippen LogP contribution in [0.1, 0.15) is 23.2 Å². The molecule has 0 saturated carbocycles. The second-order valence-electron chi connectivity index (χ2n) is 5.72. The number of halogens is 5. The number of rotatable bonds is 10. The first-order valence-corrected chi connectivity index (χ1v) is 10.4. The van der Waals surface area contributed by atoms with Crippen molar-refractivity contribution < 1.29 is 19.0 Å². The third-order valence-electron chi connectivity index (χ3n) is 3.54. The van der Waals surface area contributed by atoms with Gasteiger partial charge in [-0.05, 0) is 37.1 Å². The number of hydrogen-bond donors (Lipinski definition) is 0. The largest absolute Gasteiger partial charge is 0.490 e. The Morgan fingerprint density at radius 3 is 2.28 bits per heavy atom. The monoisotopic (exact) mass is 496 g/mol. The fourth-order valence-electron chi connectivity index (χ4n) is 2.20. The zero-order valence-electron chi connectivity index (χ0n) is 15.1. The van der Waals surface area contributed by atoms with Crippen LogP contribution in [0, 0.1) is 0 Å². The summed E-state index contributed by atoms with van der Waals surface area (Å²) >= 11 is 29.3. The summed E-state index contributed by atoms with van der Waals surface area (Å²) in [5.74, 6) is 0.411. The van der Waals surface area contributed by atoms with Crippen LogP contribution in [0.25, 0.3) is 0 Å². The lowest BCUT2D eigenvalue weighted by Crippen LogP contribution is -2.08. The number of unbranched alkanes of at least 4 members (excludes halogenated alkanes) is 1. The molecule has 2 aromatic rings. The first kappa shape index (κ1) is 24.0. The average molecular weight is 499 g/mol. The summed E-state index contributed by atoms with van der Waals surface area (Å²) in [6.07, 6.45) is 2.76. The number of hydrogen-bond acceptors (Lipinski definition) is 4. The van der Waals surface area contributed by atoms with Crippen molar-refractivity contribution in [3.63, 3.8) is 0 Å². The van der Waals surface area contributed by atoms with Crippen molar-refractivity contribution in [2.24, 2.45) is 0 Å². The second-order valence-corrected chi connectivity index (χ2v) is 7.98. The Balaban J connectivity index is 1.73. The third-order valence-corrected chi connectivity index (χ3v) is 4.64. The Morgan fingerprint density at radius 2 is 1.62 bits per heavy atom. The van der Waals surface area contributed by atoms with E-state index in [-0.39, 0.29) is 17.7 Å². The molecule has 0 bridgehead atoms. The Hall–Kier alpha value is -1.30. The van der Waals surface area contributed by atoms with Crippen molar-refractivity contribution in [1.82, 2.24) is 0 Å². The molecule has 2 rings (SSSR count). The highest BCUT2D eigenvalue weighted by atomic mass is 35.5. The fraction of sp³-hybridized carbons (Fsp3) is 0.250. The number of carbonyl (C=O) groups excluding carboxylic acids is 1. The highest BCUT2D eigenvalue weighted by Crippen LogP contribution is 2.37. The maximum atomic E-state index is 11.9. The van der Waals surface area contributed by atoms with E-state index >= 15 is 0 Å². The first-order chi connectivity index (χ1) is 13.9. The molecule has 0 aliphatic carbocycles. The minimum atomic E-state index is -0.416. The quantitative estimate of drug-likeness (QED) is 0.254. The molecule has 0 saturated heterocycles. The average Bonchev–Trinajstić information content (AvgIpc) is 2.65. The highest BCUT2D eigenvalue weighted by Gasteiger charge is 2.11. The first-order valence-electron chi connectivity index (χ1n) is 8.55. The van der Waals surface area contributed by atoms with Crippen LogP contribution in [0.5, 0.6) is 11.5 Å². The molecule has 0 aliphatic rings. The lowest BCUT2D eigenvalue weighted by Gasteiger charge is -2.12. The van der Waals surface area contributed by atoms with Crippen LogP contribution in [0.15, 0.2) is 47.0 Å². The Labute approximate surface area is 194 Å². The van der Waals surface area contributed by atoms with E-state index in [0.717, 1.165) is 0 Å². The van der Waals surface area contributed by atoms with E-state index in [9.17, 15) is 4.79 Å². The molecule has 0 N–H and O–H groups in total. The van der Waals surface area contributed by atoms with Gasteiger partial charge in [-0.1, -0.05) is 64.1 Å². The summed E-state index contributed by atoms with van der Waals surface area (Å²) < 4.78 is 16.4. The zero-order valence-corrected chi connectivity index (χ0v) is 18.9. The van der Waals surface area contributed by atoms with Gasteiger partial charge in [-0.25, -0.2) is 4.79 Å². The van der Waals surface area contributed by atoms with Crippen LogP contribution in [0.2, 0.25) is 15.1 Å². The molecule has 0 amide bonds. The maximum Gasteiger partial charge on any atom is 0.338 e. The van der Waals surface area contributed by atoms with Crippen LogP contribution in [0.3, 0.4) is 0 Å². The molecule has 156 valence electrons. The van der Waals surface area contributed by atoms with E-state index in [1.807, 2.05) is 0 Å². The molecule has 0 spiro atoms. The van der Waals surface area contributed by atoms with Crippen LogP contribution >= 0.6 is 58.0 Å². The van der Waals surface area contributed by atoms with E-state index in [0.29, 0.717) is 51.6 Å². The number of ether oxygens (including phenoxy) is 3. The predicted octanol–water partition coefficient (Wildman–Crippen LogP) is 7.36. The summed E-state index contributed by atoms with van der Waals surface area (Å²) in [7, 11) is 0. The van der Waals surface area contributed by atoms with Crippen LogP contribution in [-0.2, 0) is 4.74 Å². The van der Waals surface area contributed by atoms with Crippen molar-refractivity contribution in [3.05, 3.63) is 67.6 Å². The van der Waals surface area contributed by atoms with Gasteiger partial charge in [-0.15, -0.1) is 0 Å². The fourth-order valence-corrected chi connectivity index (χ4v) is 3.09. The molecular weight excluding hydrogens is 481 g/mol. The van der Waals surface area contributed by atoms with Gasteiger partial charge in [0.05, 0.1) is 28.8 Å². The zero-order chi connectivity index (χ0) is 21.2. The van der Waals surface area contributed by atoms with Gasteiger partial charge >= 0.3 is 5.97 Å². The van der Waals surface area contributed by atoms with Gasteiger partial charge < -0.3 is 14.2 Å². The minimum Gasteiger partial charge on any atom is -0.490 e. The number of benzene rings is 2. The van der Waals surface area contributed by atoms with E-state index in [1.54, 1.807) is 36.4 Å². The Morgan fingerprint density at radius 1 is 0.931 bits per heavy atom. The van der Waals surface area contributed by atoms with E-state index in [2.05, 4.69) is 0 Å². The van der Waals surface area contributed by atoms with Crippen molar-refractivity contribution in [1.29, 1.82) is 0 Å². The molecular formula is C20H17Cl5O4. The Kier molecular flexibility index (Phi) is 10.3. The molecule has 0 aliphatic heterocycles. The van der Waals surface area contributed by atoms with E-state index in [1.165, 1.54) is 6.08 Å². The van der Waals surface area contributed by atoms with Crippen molar-refractivity contribution >= 4 is 64.0 Å². The van der Waals surface area contributed by atoms with Crippen LogP contribution < -0.4 is 9.47 Å². The molecule has 0 atom stereocenters. The molecule has 0 fully saturated rings. The molecule has 0 heterocycles. The SMILES string of the molecule is O=C(OCCCCOc1c(Cl)cc(OCC=C(Cl)Cl)cc1Cl)c1cccc(Cl)c1. The highest BCUT2D eigenvalue weighted by molar-refractivity contribution is 6.55. The van der Waals surface area contributed by atoms with Gasteiger partial charge in [-0.2, -0.15) is 0 Å². The Bertz CT molecular complexity index is 843. The van der Waals surface area contributed by atoms with E-state index in [4.69, 9.17) is 72.2 Å². The third kappa shape index (κ3) is 8.53. The molecule has 0 radical (unpaired) electrons. The predicted molar refractivity (Wildman–Crippen MR) is 118 cm³/mol. The maximum absolute atomic E-state index is 11.9. The van der Waals surface area contributed by atoms with Gasteiger partial charge in [0.15, 0.2) is 5.75 Å². The van der Waals surface area contributed by atoms with Gasteiger partial charge in [0, 0.05) is 17.2 Å². The molecule has 29 heavy (non-hydrogen) atoms. The lowest BCUT2D eigenvalue weighted by atomic mass is 10.2. The summed E-state index contributed by atoms with van der Waals surface area (Å²) in [6, 6.07) is 9.77. The molecule has 2 aromatic carbocycles. The van der Waals surface area contributed by atoms with Gasteiger partial charge in [-0.3, -0.25) is 0 Å². The minimum absolute atomic E-state index is 0.111. The lowest BCUT2D eigenvalue weighted by molar-refractivity contribution is 0.0494. The van der Waals surface area contributed by atoms with Gasteiger partial charge in [0.1, 0.15) is 16.8 Å². The smallest absolute Gasteiger partial charge is 0.338 e. The normalized spacial score (nSPS) is 10.4. The van der Waals surface area contributed by atoms with Crippen LogP contribution in [0.4, 0.5) is 0 Å². The topological polar surface area (TPSA) is 44.8 Å². The molecule has 0 unspecified atom stereocenters. The van der Waals surface area contributed by atoms with E-state index < -0.39 is 5.97 Å². The van der Waals surface area contributed by atoms with Crippen molar-refractivity contribution in [2.45, 2.75) is 12.8 Å². The van der Waals surface area contributed by atoms with Gasteiger partial charge in [0.2, 0.25) is 0 Å². The molecule has 9 heteroatoms. The van der Waals surface area contributed by atoms with Crippen LogP contribution in [-0.4, -0.2) is 25.8 Å². The number of esters is 1. The van der Waals surface area contributed by atoms with Crippen molar-refractivity contribution in [2.75, 3.05) is 19.8 Å². The van der Waals surface area contributed by atoms with Crippen molar-refractivity contribution in [3.8, 4) is 11.5 Å². The summed E-state index contributed by atoms with van der Waals surface area (Å²) in [5.41, 5.74) is 0.415. The standard InChI is InChI=1S/C20H17Cl5O4/c21-14-5-3-4-13(10-14)20(26)29-8-2-1-7-28-19-16(22)11-15(12-17(19)23)27-9-6-18(24)25/h3-6,10-12H,1-2,7-9H2. The second kappa shape index (κ2) is 12.4. The summed E-state index contributed by atoms with van der Waals surface area (Å²) in [6.45, 7) is 0.807. The summed E-state index contributed by atoms with van der Waals surface area (Å²) in [4.78, 5) is 11.9. The molecule has 4 nitrogen and oxygen atoms in total.